The van der Waals surface area contributed by atoms with Crippen molar-refractivity contribution in [1.29, 1.82) is 0 Å². The van der Waals surface area contributed by atoms with Gasteiger partial charge in [0.15, 0.2) is 0 Å². The summed E-state index contributed by atoms with van der Waals surface area (Å²) >= 11 is 0. The SMILES string of the molecule is CCCCCCCCCCC/C=C\CCCCCCCC(O)CC(=O)NC(CO)C(O)/C=C/CC/C=C/CCCCCCCCCCC. The number of nitrogens with one attached hydrogen (secondary N) is 1. The minimum absolute atomic E-state index is 0.000438. The van der Waals surface area contributed by atoms with Gasteiger partial charge in [0.25, 0.3) is 0 Å². The quantitative estimate of drug-likeness (QED) is 0.0390. The molecule has 1 amide bonds. The Morgan fingerprint density at radius 3 is 1.33 bits per heavy atom. The number of aliphatic hydroxyl groups is 3. The van der Waals surface area contributed by atoms with Gasteiger partial charge in [-0.15, -0.1) is 0 Å². The van der Waals surface area contributed by atoms with Crippen LogP contribution in [0.1, 0.15) is 206 Å². The molecule has 0 spiro atoms. The molecule has 0 radical (unpaired) electrons. The van der Waals surface area contributed by atoms with Gasteiger partial charge in [0.2, 0.25) is 5.91 Å². The van der Waals surface area contributed by atoms with E-state index in [0.29, 0.717) is 6.42 Å². The van der Waals surface area contributed by atoms with Crippen LogP contribution in [0.25, 0.3) is 0 Å². The molecule has 5 heteroatoms. The highest BCUT2D eigenvalue weighted by Crippen LogP contribution is 2.14. The standard InChI is InChI=1S/C43H81NO4/c1-3-5-7-9-11-13-15-17-19-20-21-23-24-26-28-30-32-34-36-40(46)38-43(48)44-41(39-45)42(47)37-35-33-31-29-27-25-22-18-16-14-12-10-8-6-4-2/h21,23,27,29,35,37,40-42,45-47H,3-20,22,24-26,28,30-34,36,38-39H2,1-2H3,(H,44,48)/b23-21-,29-27+,37-35+. The Kier molecular flexibility index (Phi) is 37.2. The van der Waals surface area contributed by atoms with Gasteiger partial charge in [-0.05, 0) is 57.8 Å². The van der Waals surface area contributed by atoms with Crippen LogP contribution in [-0.4, -0.2) is 46.1 Å². The lowest BCUT2D eigenvalue weighted by molar-refractivity contribution is -0.124. The summed E-state index contributed by atoms with van der Waals surface area (Å²) in [5.41, 5.74) is 0. The van der Waals surface area contributed by atoms with Crippen molar-refractivity contribution in [2.45, 2.75) is 225 Å². The van der Waals surface area contributed by atoms with E-state index in [1.165, 1.54) is 135 Å². The maximum atomic E-state index is 12.4. The normalized spacial score (nSPS) is 14.0. The Bertz CT molecular complexity index is 749. The van der Waals surface area contributed by atoms with Crippen molar-refractivity contribution in [2.75, 3.05) is 6.61 Å². The van der Waals surface area contributed by atoms with E-state index in [4.69, 9.17) is 0 Å². The molecule has 0 bridgehead atoms. The van der Waals surface area contributed by atoms with Crippen LogP contribution in [0.15, 0.2) is 36.5 Å². The Morgan fingerprint density at radius 1 is 0.521 bits per heavy atom. The first-order valence-corrected chi connectivity index (χ1v) is 20.8. The molecule has 0 aromatic heterocycles. The van der Waals surface area contributed by atoms with Gasteiger partial charge in [-0.2, -0.15) is 0 Å². The molecule has 5 nitrogen and oxygen atoms in total. The minimum atomic E-state index is -0.952. The molecule has 0 aromatic rings. The van der Waals surface area contributed by atoms with Gasteiger partial charge in [-0.25, -0.2) is 0 Å². The average molecular weight is 676 g/mol. The van der Waals surface area contributed by atoms with Gasteiger partial charge in [0, 0.05) is 0 Å². The lowest BCUT2D eigenvalue weighted by Crippen LogP contribution is -2.45. The van der Waals surface area contributed by atoms with Gasteiger partial charge in [0.05, 0.1) is 31.3 Å². The predicted octanol–water partition coefficient (Wildman–Crippen LogP) is 11.6. The highest BCUT2D eigenvalue weighted by molar-refractivity contribution is 5.76. The highest BCUT2D eigenvalue weighted by atomic mass is 16.3. The summed E-state index contributed by atoms with van der Waals surface area (Å²) < 4.78 is 0. The number of aliphatic hydroxyl groups excluding tert-OH is 3. The fraction of sp³-hybridized carbons (Fsp3) is 0.837. The summed E-state index contributed by atoms with van der Waals surface area (Å²) in [4.78, 5) is 12.4. The van der Waals surface area contributed by atoms with Crippen molar-refractivity contribution in [2.24, 2.45) is 0 Å². The Labute approximate surface area is 298 Å². The van der Waals surface area contributed by atoms with Crippen molar-refractivity contribution in [3.05, 3.63) is 36.5 Å². The van der Waals surface area contributed by atoms with E-state index in [9.17, 15) is 20.1 Å². The van der Waals surface area contributed by atoms with E-state index >= 15 is 0 Å². The second-order valence-corrected chi connectivity index (χ2v) is 14.2. The Balaban J connectivity index is 3.74. The largest absolute Gasteiger partial charge is 0.394 e. The van der Waals surface area contributed by atoms with Crippen LogP contribution in [0, 0.1) is 0 Å². The number of rotatable bonds is 37. The molecular weight excluding hydrogens is 594 g/mol. The van der Waals surface area contributed by atoms with Crippen molar-refractivity contribution >= 4 is 5.91 Å². The van der Waals surface area contributed by atoms with Crippen molar-refractivity contribution in [3.63, 3.8) is 0 Å². The van der Waals surface area contributed by atoms with Gasteiger partial charge in [0.1, 0.15) is 0 Å². The summed E-state index contributed by atoms with van der Waals surface area (Å²) in [6.07, 6.45) is 47.1. The number of unbranched alkanes of at least 4 members (excludes halogenated alkanes) is 24. The van der Waals surface area contributed by atoms with Crippen LogP contribution in [0.4, 0.5) is 0 Å². The summed E-state index contributed by atoms with van der Waals surface area (Å²) in [7, 11) is 0. The first kappa shape index (κ1) is 46.6. The number of hydrogen-bond donors (Lipinski definition) is 4. The van der Waals surface area contributed by atoms with Crippen LogP contribution in [0.3, 0.4) is 0 Å². The minimum Gasteiger partial charge on any atom is -0.394 e. The fourth-order valence-electron chi connectivity index (χ4n) is 6.17. The zero-order valence-corrected chi connectivity index (χ0v) is 31.9. The topological polar surface area (TPSA) is 89.8 Å². The molecule has 0 saturated heterocycles. The molecule has 0 aliphatic rings. The maximum Gasteiger partial charge on any atom is 0.222 e. The van der Waals surface area contributed by atoms with Crippen molar-refractivity contribution in [3.8, 4) is 0 Å². The molecule has 3 unspecified atom stereocenters. The first-order chi connectivity index (χ1) is 23.5. The molecule has 0 fully saturated rings. The molecule has 0 heterocycles. The second-order valence-electron chi connectivity index (χ2n) is 14.2. The molecule has 48 heavy (non-hydrogen) atoms. The second kappa shape index (κ2) is 38.4. The summed E-state index contributed by atoms with van der Waals surface area (Å²) in [6, 6.07) is -0.762. The van der Waals surface area contributed by atoms with Crippen LogP contribution in [-0.2, 0) is 4.79 Å². The molecule has 0 aliphatic heterocycles. The monoisotopic (exact) mass is 676 g/mol. The lowest BCUT2D eigenvalue weighted by atomic mass is 10.0. The molecular formula is C43H81NO4. The molecule has 0 rings (SSSR count). The van der Waals surface area contributed by atoms with E-state index in [-0.39, 0.29) is 18.9 Å². The molecule has 0 saturated carbocycles. The molecule has 0 aromatic carbocycles. The Morgan fingerprint density at radius 2 is 0.896 bits per heavy atom. The first-order valence-electron chi connectivity index (χ1n) is 20.8. The third-order valence-corrected chi connectivity index (χ3v) is 9.40. The van der Waals surface area contributed by atoms with Crippen LogP contribution < -0.4 is 5.32 Å². The molecule has 4 N–H and O–H groups in total. The van der Waals surface area contributed by atoms with Gasteiger partial charge in [-0.1, -0.05) is 179 Å². The van der Waals surface area contributed by atoms with Gasteiger partial charge in [-0.3, -0.25) is 4.79 Å². The summed E-state index contributed by atoms with van der Waals surface area (Å²) in [6.45, 7) is 4.19. The predicted molar refractivity (Wildman–Crippen MR) is 208 cm³/mol. The van der Waals surface area contributed by atoms with Gasteiger partial charge >= 0.3 is 0 Å². The number of allylic oxidation sites excluding steroid dienone is 5. The molecule has 282 valence electrons. The van der Waals surface area contributed by atoms with E-state index in [2.05, 4.69) is 43.5 Å². The average Bonchev–Trinajstić information content (AvgIpc) is 3.08. The summed E-state index contributed by atoms with van der Waals surface area (Å²) in [5.74, 6) is -0.331. The number of amides is 1. The van der Waals surface area contributed by atoms with E-state index in [1.54, 1.807) is 6.08 Å². The zero-order valence-electron chi connectivity index (χ0n) is 31.9. The van der Waals surface area contributed by atoms with E-state index < -0.39 is 18.2 Å². The highest BCUT2D eigenvalue weighted by Gasteiger charge is 2.20. The molecule has 3 atom stereocenters. The molecule has 0 aliphatic carbocycles. The van der Waals surface area contributed by atoms with E-state index in [1.807, 2.05) is 6.08 Å². The number of carbonyl (C=O) groups is 1. The zero-order chi connectivity index (χ0) is 35.2. The van der Waals surface area contributed by atoms with Crippen LogP contribution in [0.2, 0.25) is 0 Å². The number of carbonyl (C=O) groups excluding carboxylic acids is 1. The maximum absolute atomic E-state index is 12.4. The lowest BCUT2D eigenvalue weighted by Gasteiger charge is -2.20. The van der Waals surface area contributed by atoms with Gasteiger partial charge < -0.3 is 20.6 Å². The van der Waals surface area contributed by atoms with Crippen LogP contribution in [0.5, 0.6) is 0 Å². The summed E-state index contributed by atoms with van der Waals surface area (Å²) in [5, 5.41) is 33.1. The van der Waals surface area contributed by atoms with E-state index in [0.717, 1.165) is 44.9 Å². The fourth-order valence-corrected chi connectivity index (χ4v) is 6.17. The smallest absolute Gasteiger partial charge is 0.222 e. The van der Waals surface area contributed by atoms with Crippen molar-refractivity contribution < 1.29 is 20.1 Å². The van der Waals surface area contributed by atoms with Crippen LogP contribution >= 0.6 is 0 Å². The van der Waals surface area contributed by atoms with Crippen molar-refractivity contribution in [1.82, 2.24) is 5.32 Å². The Hall–Kier alpha value is -1.43. The third-order valence-electron chi connectivity index (χ3n) is 9.40. The third kappa shape index (κ3) is 34.4. The number of hydrogen-bond acceptors (Lipinski definition) is 4.